The molecule has 6 aromatic carbocycles. The van der Waals surface area contributed by atoms with Crippen molar-refractivity contribution in [2.75, 3.05) is 0 Å². The van der Waals surface area contributed by atoms with E-state index in [1.54, 1.807) is 0 Å². The standard InChI is InChI=1S/C40H32N2O2/c1-3-11-31(12-4-1)29-43-39-17-9-7-15-35(39)27-41-37-23-19-33(20-24-37)34-21-25-38(26-22-34)42-28-36-16-8-10-18-40(36)44-30-32-13-5-2-6-14-32/h1-28H,29-30H2. The lowest BCUT2D eigenvalue weighted by Crippen LogP contribution is -1.98. The molecule has 0 spiro atoms. The first kappa shape index (κ1) is 28.4. The fourth-order valence-electron chi connectivity index (χ4n) is 4.68. The summed E-state index contributed by atoms with van der Waals surface area (Å²) in [5.74, 6) is 1.62. The third kappa shape index (κ3) is 7.75. The molecule has 0 aromatic heterocycles. The molecule has 0 bridgehead atoms. The Kier molecular flexibility index (Phi) is 9.31. The van der Waals surface area contributed by atoms with Gasteiger partial charge in [-0.15, -0.1) is 0 Å². The molecule has 0 unspecified atom stereocenters. The van der Waals surface area contributed by atoms with Crippen LogP contribution in [-0.2, 0) is 13.2 Å². The molecular weight excluding hydrogens is 540 g/mol. The van der Waals surface area contributed by atoms with Gasteiger partial charge in [0.05, 0.1) is 11.4 Å². The van der Waals surface area contributed by atoms with Crippen LogP contribution in [0, 0.1) is 0 Å². The van der Waals surface area contributed by atoms with Crippen molar-refractivity contribution in [1.29, 1.82) is 0 Å². The average Bonchev–Trinajstić information content (AvgIpc) is 3.10. The van der Waals surface area contributed by atoms with Gasteiger partial charge in [0.15, 0.2) is 0 Å². The SMILES string of the molecule is C(=Nc1ccc(-c2ccc(N=Cc3ccccc3OCc3ccccc3)cc2)cc1)c1ccccc1OCc1ccccc1. The summed E-state index contributed by atoms with van der Waals surface area (Å²) in [6, 6.07) is 52.7. The molecule has 0 aliphatic carbocycles. The zero-order valence-corrected chi connectivity index (χ0v) is 24.3. The van der Waals surface area contributed by atoms with E-state index < -0.39 is 0 Å². The van der Waals surface area contributed by atoms with E-state index in [-0.39, 0.29) is 0 Å². The number of benzene rings is 6. The minimum Gasteiger partial charge on any atom is -0.488 e. The molecular formula is C40H32N2O2. The van der Waals surface area contributed by atoms with Gasteiger partial charge >= 0.3 is 0 Å². The van der Waals surface area contributed by atoms with Crippen molar-refractivity contribution in [3.05, 3.63) is 180 Å². The van der Waals surface area contributed by atoms with Gasteiger partial charge in [-0.2, -0.15) is 0 Å². The number of nitrogens with zero attached hydrogens (tertiary/aromatic N) is 2. The van der Waals surface area contributed by atoms with E-state index in [9.17, 15) is 0 Å². The van der Waals surface area contributed by atoms with Crippen molar-refractivity contribution in [1.82, 2.24) is 0 Å². The van der Waals surface area contributed by atoms with Gasteiger partial charge in [-0.3, -0.25) is 9.98 Å². The number of aliphatic imine (C=N–C) groups is 2. The van der Waals surface area contributed by atoms with E-state index in [1.165, 1.54) is 0 Å². The van der Waals surface area contributed by atoms with E-state index in [0.717, 1.165) is 56.3 Å². The second-order valence-corrected chi connectivity index (χ2v) is 10.2. The minimum atomic E-state index is 0.515. The number of hydrogen-bond donors (Lipinski definition) is 0. The van der Waals surface area contributed by atoms with Crippen LogP contribution < -0.4 is 9.47 Å². The highest BCUT2D eigenvalue weighted by molar-refractivity contribution is 5.86. The predicted octanol–water partition coefficient (Wildman–Crippen LogP) is 10.0. The van der Waals surface area contributed by atoms with Crippen LogP contribution >= 0.6 is 0 Å². The lowest BCUT2D eigenvalue weighted by atomic mass is 10.1. The quantitative estimate of drug-likeness (QED) is 0.145. The average molecular weight is 573 g/mol. The highest BCUT2D eigenvalue weighted by atomic mass is 16.5. The van der Waals surface area contributed by atoms with E-state index in [1.807, 2.05) is 122 Å². The Morgan fingerprint density at radius 3 is 1.16 bits per heavy atom. The summed E-state index contributed by atoms with van der Waals surface area (Å²) < 4.78 is 12.1. The van der Waals surface area contributed by atoms with Gasteiger partial charge in [-0.25, -0.2) is 0 Å². The van der Waals surface area contributed by atoms with E-state index in [0.29, 0.717) is 13.2 Å². The molecule has 6 aromatic rings. The van der Waals surface area contributed by atoms with Gasteiger partial charge < -0.3 is 9.47 Å². The molecule has 0 atom stereocenters. The Hall–Kier alpha value is -5.74. The van der Waals surface area contributed by atoms with Crippen LogP contribution in [0.5, 0.6) is 11.5 Å². The fraction of sp³-hybridized carbons (Fsp3) is 0.0500. The second-order valence-electron chi connectivity index (χ2n) is 10.2. The molecule has 0 aliphatic rings. The first-order valence-corrected chi connectivity index (χ1v) is 14.6. The smallest absolute Gasteiger partial charge is 0.128 e. The summed E-state index contributed by atoms with van der Waals surface area (Å²) in [6.07, 6.45) is 3.71. The molecule has 0 fully saturated rings. The molecule has 0 aliphatic heterocycles. The van der Waals surface area contributed by atoms with Crippen molar-refractivity contribution in [3.8, 4) is 22.6 Å². The van der Waals surface area contributed by atoms with Gasteiger partial charge in [0.25, 0.3) is 0 Å². The summed E-state index contributed by atoms with van der Waals surface area (Å²) in [4.78, 5) is 9.39. The number of rotatable bonds is 11. The van der Waals surface area contributed by atoms with Crippen molar-refractivity contribution in [2.45, 2.75) is 13.2 Å². The maximum atomic E-state index is 6.07. The number of ether oxygens (including phenoxy) is 2. The van der Waals surface area contributed by atoms with E-state index >= 15 is 0 Å². The minimum absolute atomic E-state index is 0.515. The van der Waals surface area contributed by atoms with Crippen molar-refractivity contribution in [3.63, 3.8) is 0 Å². The highest BCUT2D eigenvalue weighted by Crippen LogP contribution is 2.26. The second kappa shape index (κ2) is 14.4. The van der Waals surface area contributed by atoms with E-state index in [2.05, 4.69) is 48.5 Å². The first-order chi connectivity index (χ1) is 21.8. The van der Waals surface area contributed by atoms with Gasteiger partial charge in [0.1, 0.15) is 24.7 Å². The summed E-state index contributed by atoms with van der Waals surface area (Å²) in [6.45, 7) is 1.03. The van der Waals surface area contributed by atoms with Crippen LogP contribution in [0.2, 0.25) is 0 Å². The normalized spacial score (nSPS) is 11.2. The van der Waals surface area contributed by atoms with Crippen LogP contribution in [0.15, 0.2) is 168 Å². The molecule has 214 valence electrons. The molecule has 0 amide bonds. The topological polar surface area (TPSA) is 43.2 Å². The zero-order chi connectivity index (χ0) is 29.8. The molecule has 0 saturated carbocycles. The Balaban J connectivity index is 1.07. The van der Waals surface area contributed by atoms with Crippen LogP contribution in [0.25, 0.3) is 11.1 Å². The van der Waals surface area contributed by atoms with E-state index in [4.69, 9.17) is 19.5 Å². The van der Waals surface area contributed by atoms with Gasteiger partial charge in [0.2, 0.25) is 0 Å². The molecule has 6 rings (SSSR count). The third-order valence-electron chi connectivity index (χ3n) is 7.09. The van der Waals surface area contributed by atoms with Crippen LogP contribution in [0.4, 0.5) is 11.4 Å². The first-order valence-electron chi connectivity index (χ1n) is 14.6. The van der Waals surface area contributed by atoms with Crippen molar-refractivity contribution < 1.29 is 9.47 Å². The zero-order valence-electron chi connectivity index (χ0n) is 24.3. The Morgan fingerprint density at radius 2 is 0.750 bits per heavy atom. The lowest BCUT2D eigenvalue weighted by Gasteiger charge is -2.09. The predicted molar refractivity (Wildman–Crippen MR) is 181 cm³/mol. The maximum absolute atomic E-state index is 6.07. The highest BCUT2D eigenvalue weighted by Gasteiger charge is 2.04. The lowest BCUT2D eigenvalue weighted by molar-refractivity contribution is 0.305. The summed E-state index contributed by atoms with van der Waals surface area (Å²) >= 11 is 0. The maximum Gasteiger partial charge on any atom is 0.128 e. The monoisotopic (exact) mass is 572 g/mol. The van der Waals surface area contributed by atoms with Gasteiger partial charge in [-0.1, -0.05) is 109 Å². The number of hydrogen-bond acceptors (Lipinski definition) is 4. The molecule has 0 N–H and O–H groups in total. The fourth-order valence-corrected chi connectivity index (χ4v) is 4.68. The number of para-hydroxylation sites is 2. The van der Waals surface area contributed by atoms with Crippen molar-refractivity contribution >= 4 is 23.8 Å². The van der Waals surface area contributed by atoms with Gasteiger partial charge in [-0.05, 0) is 70.8 Å². The molecule has 4 nitrogen and oxygen atoms in total. The largest absolute Gasteiger partial charge is 0.488 e. The van der Waals surface area contributed by atoms with Crippen LogP contribution in [0.1, 0.15) is 22.3 Å². The Bertz CT molecular complexity index is 1690. The molecule has 0 radical (unpaired) electrons. The summed E-state index contributed by atoms with van der Waals surface area (Å²) in [5.41, 5.74) is 8.12. The third-order valence-corrected chi connectivity index (χ3v) is 7.09. The van der Waals surface area contributed by atoms with Crippen LogP contribution in [0.3, 0.4) is 0 Å². The van der Waals surface area contributed by atoms with Crippen molar-refractivity contribution in [2.24, 2.45) is 9.98 Å². The summed E-state index contributed by atoms with van der Waals surface area (Å²) in [7, 11) is 0. The van der Waals surface area contributed by atoms with Gasteiger partial charge in [0, 0.05) is 23.6 Å². The molecule has 44 heavy (non-hydrogen) atoms. The summed E-state index contributed by atoms with van der Waals surface area (Å²) in [5, 5.41) is 0. The van der Waals surface area contributed by atoms with Crippen LogP contribution in [-0.4, -0.2) is 12.4 Å². The molecule has 0 heterocycles. The Morgan fingerprint density at radius 1 is 0.386 bits per heavy atom. The molecule has 4 heteroatoms. The Labute approximate surface area is 258 Å². The molecule has 0 saturated heterocycles.